The molecule has 0 aromatic carbocycles. The van der Waals surface area contributed by atoms with E-state index in [1.54, 1.807) is 0 Å². The second-order valence-electron chi connectivity index (χ2n) is 6.45. The topological polar surface area (TPSA) is 79.6 Å². The van der Waals surface area contributed by atoms with E-state index in [-0.39, 0.29) is 17.3 Å². The third-order valence-electron chi connectivity index (χ3n) is 4.72. The molecule has 1 aromatic rings. The first-order valence-corrected chi connectivity index (χ1v) is 8.45. The van der Waals surface area contributed by atoms with Gasteiger partial charge in [0.15, 0.2) is 16.5 Å². The molecule has 1 N–H and O–H groups in total. The summed E-state index contributed by atoms with van der Waals surface area (Å²) in [5, 5.41) is 0.355. The molecule has 2 aliphatic rings. The zero-order chi connectivity index (χ0) is 15.7. The molecule has 0 atom stereocenters. The van der Waals surface area contributed by atoms with Gasteiger partial charge in [0.05, 0.1) is 0 Å². The SMILES string of the molecule is CCCC1(CCC)N=c2[nH]c(=O)n(C3CCCC3)c(=O)c2=N1. The van der Waals surface area contributed by atoms with E-state index in [0.717, 1.165) is 51.4 Å². The van der Waals surface area contributed by atoms with E-state index >= 15 is 0 Å². The highest BCUT2D eigenvalue weighted by Crippen LogP contribution is 2.27. The van der Waals surface area contributed by atoms with Crippen LogP contribution >= 0.6 is 0 Å². The highest BCUT2D eigenvalue weighted by Gasteiger charge is 2.32. The summed E-state index contributed by atoms with van der Waals surface area (Å²) in [5.74, 6) is 0. The summed E-state index contributed by atoms with van der Waals surface area (Å²) in [6, 6.07) is 0.0177. The Kier molecular flexibility index (Phi) is 4.02. The average molecular weight is 304 g/mol. The molecule has 6 heteroatoms. The Morgan fingerprint density at radius 3 is 2.36 bits per heavy atom. The van der Waals surface area contributed by atoms with Gasteiger partial charge in [-0.15, -0.1) is 0 Å². The predicted molar refractivity (Wildman–Crippen MR) is 83.7 cm³/mol. The number of rotatable bonds is 5. The number of aromatic nitrogens is 2. The molecule has 0 radical (unpaired) electrons. The molecule has 1 aliphatic heterocycles. The van der Waals surface area contributed by atoms with Crippen molar-refractivity contribution in [3.8, 4) is 0 Å². The van der Waals surface area contributed by atoms with Crippen molar-refractivity contribution in [1.82, 2.24) is 9.55 Å². The molecule has 3 rings (SSSR count). The molecule has 0 spiro atoms. The summed E-state index contributed by atoms with van der Waals surface area (Å²) in [6.07, 6.45) is 7.45. The van der Waals surface area contributed by atoms with Gasteiger partial charge in [-0.3, -0.25) is 14.3 Å². The van der Waals surface area contributed by atoms with Gasteiger partial charge in [0, 0.05) is 6.04 Å². The van der Waals surface area contributed by atoms with Crippen molar-refractivity contribution in [3.05, 3.63) is 31.7 Å². The van der Waals surface area contributed by atoms with Crippen LogP contribution in [0.1, 0.15) is 71.3 Å². The van der Waals surface area contributed by atoms with Crippen molar-refractivity contribution in [2.75, 3.05) is 0 Å². The molecular weight excluding hydrogens is 280 g/mol. The first-order chi connectivity index (χ1) is 10.6. The number of aromatic amines is 1. The third-order valence-corrected chi connectivity index (χ3v) is 4.72. The molecule has 0 saturated heterocycles. The van der Waals surface area contributed by atoms with Crippen molar-refractivity contribution >= 4 is 0 Å². The maximum atomic E-state index is 12.8. The summed E-state index contributed by atoms with van der Waals surface area (Å²) in [6.45, 7) is 4.18. The van der Waals surface area contributed by atoms with Crippen LogP contribution in [-0.2, 0) is 0 Å². The summed E-state index contributed by atoms with van der Waals surface area (Å²) in [4.78, 5) is 37.1. The zero-order valence-corrected chi connectivity index (χ0v) is 13.4. The van der Waals surface area contributed by atoms with Gasteiger partial charge >= 0.3 is 5.69 Å². The zero-order valence-electron chi connectivity index (χ0n) is 13.4. The Balaban J connectivity index is 2.17. The van der Waals surface area contributed by atoms with Gasteiger partial charge in [0.25, 0.3) is 5.56 Å². The Bertz CT molecular complexity index is 778. The maximum absolute atomic E-state index is 12.8. The average Bonchev–Trinajstić information content (AvgIpc) is 3.08. The van der Waals surface area contributed by atoms with Crippen molar-refractivity contribution in [1.29, 1.82) is 0 Å². The van der Waals surface area contributed by atoms with E-state index in [0.29, 0.717) is 10.8 Å². The van der Waals surface area contributed by atoms with Gasteiger partial charge in [-0.2, -0.15) is 0 Å². The molecule has 1 saturated carbocycles. The number of fused-ring (bicyclic) bond motifs is 1. The number of hydrogen-bond donors (Lipinski definition) is 1. The summed E-state index contributed by atoms with van der Waals surface area (Å²) in [5.41, 5.74) is -0.768. The van der Waals surface area contributed by atoms with Gasteiger partial charge in [0.2, 0.25) is 0 Å². The van der Waals surface area contributed by atoms with E-state index < -0.39 is 5.66 Å². The van der Waals surface area contributed by atoms with Crippen LogP contribution < -0.4 is 22.1 Å². The number of nitrogens with zero attached hydrogens (tertiary/aromatic N) is 3. The minimum atomic E-state index is -0.553. The minimum absolute atomic E-state index is 0.0177. The second kappa shape index (κ2) is 5.82. The molecule has 22 heavy (non-hydrogen) atoms. The van der Waals surface area contributed by atoms with Crippen LogP contribution in [0.15, 0.2) is 19.6 Å². The molecular formula is C16H24N4O2. The van der Waals surface area contributed by atoms with Crippen LogP contribution in [0.25, 0.3) is 0 Å². The molecule has 120 valence electrons. The molecule has 0 amide bonds. The maximum Gasteiger partial charge on any atom is 0.330 e. The molecule has 1 aromatic heterocycles. The highest BCUT2D eigenvalue weighted by molar-refractivity contribution is 5.00. The number of nitrogens with one attached hydrogen (secondary N) is 1. The molecule has 1 fully saturated rings. The fourth-order valence-corrected chi connectivity index (χ4v) is 3.79. The lowest BCUT2D eigenvalue weighted by atomic mass is 10.0. The summed E-state index contributed by atoms with van der Waals surface area (Å²) in [7, 11) is 0. The Morgan fingerprint density at radius 1 is 1.14 bits per heavy atom. The normalized spacial score (nSPS) is 19.7. The van der Waals surface area contributed by atoms with Crippen LogP contribution in [0.2, 0.25) is 0 Å². The fraction of sp³-hybridized carbons (Fsp3) is 0.750. The van der Waals surface area contributed by atoms with Crippen molar-refractivity contribution in [2.24, 2.45) is 9.98 Å². The smallest absolute Gasteiger partial charge is 0.290 e. The summed E-state index contributed by atoms with van der Waals surface area (Å²) >= 11 is 0. The van der Waals surface area contributed by atoms with Crippen LogP contribution in [0.4, 0.5) is 0 Å². The lowest BCUT2D eigenvalue weighted by Gasteiger charge is -2.21. The molecule has 0 bridgehead atoms. The Labute approximate surface area is 129 Å². The van der Waals surface area contributed by atoms with E-state index in [2.05, 4.69) is 28.8 Å². The van der Waals surface area contributed by atoms with Crippen molar-refractivity contribution in [2.45, 2.75) is 76.9 Å². The van der Waals surface area contributed by atoms with Gasteiger partial charge in [-0.05, 0) is 25.7 Å². The standard InChI is InChI=1S/C16H24N4O2/c1-3-9-16(10-4-2)18-12-13(19-16)17-15(22)20(14(12)21)11-7-5-6-8-11/h11H,3-10H2,1-2H3,(H,17,19,22). The Morgan fingerprint density at radius 2 is 1.77 bits per heavy atom. The lowest BCUT2D eigenvalue weighted by molar-refractivity contribution is 0.373. The highest BCUT2D eigenvalue weighted by atomic mass is 16.2. The molecule has 2 heterocycles. The minimum Gasteiger partial charge on any atom is -0.290 e. The van der Waals surface area contributed by atoms with E-state index in [9.17, 15) is 9.59 Å². The quantitative estimate of drug-likeness (QED) is 0.887. The van der Waals surface area contributed by atoms with Crippen molar-refractivity contribution < 1.29 is 0 Å². The van der Waals surface area contributed by atoms with Crippen LogP contribution in [-0.4, -0.2) is 15.2 Å². The number of H-pyrrole nitrogens is 1. The molecule has 1 aliphatic carbocycles. The first kappa shape index (κ1) is 15.2. The van der Waals surface area contributed by atoms with Crippen LogP contribution in [0.5, 0.6) is 0 Å². The van der Waals surface area contributed by atoms with E-state index in [4.69, 9.17) is 0 Å². The van der Waals surface area contributed by atoms with Crippen LogP contribution in [0, 0.1) is 0 Å². The lowest BCUT2D eigenvalue weighted by Crippen LogP contribution is -2.53. The fourth-order valence-electron chi connectivity index (χ4n) is 3.79. The van der Waals surface area contributed by atoms with Gasteiger partial charge in [-0.25, -0.2) is 14.8 Å². The molecule has 0 unspecified atom stereocenters. The summed E-state index contributed by atoms with van der Waals surface area (Å²) < 4.78 is 1.37. The third kappa shape index (κ3) is 2.44. The Hall–Kier alpha value is -1.72. The van der Waals surface area contributed by atoms with Gasteiger partial charge in [0.1, 0.15) is 0 Å². The predicted octanol–water partition coefficient (Wildman–Crippen LogP) is 1.20. The first-order valence-electron chi connectivity index (χ1n) is 8.45. The van der Waals surface area contributed by atoms with Crippen molar-refractivity contribution in [3.63, 3.8) is 0 Å². The molecule has 6 nitrogen and oxygen atoms in total. The van der Waals surface area contributed by atoms with Gasteiger partial charge in [-0.1, -0.05) is 39.5 Å². The monoisotopic (exact) mass is 304 g/mol. The van der Waals surface area contributed by atoms with Gasteiger partial charge < -0.3 is 0 Å². The van der Waals surface area contributed by atoms with Crippen LogP contribution in [0.3, 0.4) is 0 Å². The van der Waals surface area contributed by atoms with E-state index in [1.807, 2.05) is 0 Å². The van der Waals surface area contributed by atoms with E-state index in [1.165, 1.54) is 4.57 Å². The second-order valence-corrected chi connectivity index (χ2v) is 6.45. The number of hydrogen-bond acceptors (Lipinski definition) is 4. The largest absolute Gasteiger partial charge is 0.330 e.